The summed E-state index contributed by atoms with van der Waals surface area (Å²) >= 11 is 0. The SMILES string of the molecule is CN(C)C=NS(=O)(=O)c1ccc(N2C[C@H](CO)OC2=O)cc1. The first-order valence-electron chi connectivity index (χ1n) is 6.49. The molecular weight excluding hydrogens is 310 g/mol. The van der Waals surface area contributed by atoms with Crippen molar-refractivity contribution in [2.45, 2.75) is 11.0 Å². The van der Waals surface area contributed by atoms with Gasteiger partial charge in [0.05, 0.1) is 18.0 Å². The van der Waals surface area contributed by atoms with Crippen LogP contribution < -0.4 is 4.90 Å². The smallest absolute Gasteiger partial charge is 0.414 e. The molecule has 22 heavy (non-hydrogen) atoms. The second-order valence-electron chi connectivity index (χ2n) is 4.95. The summed E-state index contributed by atoms with van der Waals surface area (Å²) in [6.45, 7) is -0.0336. The van der Waals surface area contributed by atoms with Crippen LogP contribution in [0.15, 0.2) is 33.6 Å². The molecule has 0 bridgehead atoms. The number of cyclic esters (lactones) is 1. The predicted octanol–water partition coefficient (Wildman–Crippen LogP) is 0.283. The molecule has 0 unspecified atom stereocenters. The molecule has 1 saturated heterocycles. The fourth-order valence-corrected chi connectivity index (χ4v) is 2.76. The summed E-state index contributed by atoms with van der Waals surface area (Å²) in [7, 11) is -0.441. The highest BCUT2D eigenvalue weighted by molar-refractivity contribution is 7.90. The van der Waals surface area contributed by atoms with Crippen LogP contribution >= 0.6 is 0 Å². The van der Waals surface area contributed by atoms with Crippen molar-refractivity contribution in [2.24, 2.45) is 4.40 Å². The number of aliphatic hydroxyl groups excluding tert-OH is 1. The fourth-order valence-electron chi connectivity index (χ4n) is 1.84. The van der Waals surface area contributed by atoms with Crippen molar-refractivity contribution < 1.29 is 23.1 Å². The molecule has 1 aromatic rings. The number of rotatable bonds is 5. The van der Waals surface area contributed by atoms with Gasteiger partial charge in [-0.1, -0.05) is 0 Å². The number of carbonyl (C=O) groups excluding carboxylic acids is 1. The molecule has 1 atom stereocenters. The summed E-state index contributed by atoms with van der Waals surface area (Å²) < 4.78 is 32.4. The van der Waals surface area contributed by atoms with Gasteiger partial charge >= 0.3 is 6.09 Å². The van der Waals surface area contributed by atoms with E-state index in [-0.39, 0.29) is 18.0 Å². The number of benzene rings is 1. The zero-order chi connectivity index (χ0) is 16.3. The van der Waals surface area contributed by atoms with Crippen LogP contribution in [-0.2, 0) is 14.8 Å². The lowest BCUT2D eigenvalue weighted by Crippen LogP contribution is -2.25. The Morgan fingerprint density at radius 2 is 2.05 bits per heavy atom. The number of aliphatic hydroxyl groups is 1. The van der Waals surface area contributed by atoms with E-state index in [1.54, 1.807) is 14.1 Å². The largest absolute Gasteiger partial charge is 0.441 e. The molecule has 8 nitrogen and oxygen atoms in total. The minimum Gasteiger partial charge on any atom is -0.441 e. The molecule has 2 rings (SSSR count). The molecule has 1 aromatic carbocycles. The zero-order valence-electron chi connectivity index (χ0n) is 12.2. The van der Waals surface area contributed by atoms with Crippen LogP contribution in [0.1, 0.15) is 0 Å². The quantitative estimate of drug-likeness (QED) is 0.616. The highest BCUT2D eigenvalue weighted by Gasteiger charge is 2.31. The van der Waals surface area contributed by atoms with Gasteiger partial charge in [-0.05, 0) is 24.3 Å². The Labute approximate surface area is 128 Å². The van der Waals surface area contributed by atoms with Crippen LogP contribution in [0.3, 0.4) is 0 Å². The Morgan fingerprint density at radius 3 is 2.55 bits per heavy atom. The van der Waals surface area contributed by atoms with E-state index < -0.39 is 22.2 Å². The van der Waals surface area contributed by atoms with Gasteiger partial charge in [-0.15, -0.1) is 4.40 Å². The van der Waals surface area contributed by atoms with Gasteiger partial charge in [0.2, 0.25) is 0 Å². The van der Waals surface area contributed by atoms with Crippen LogP contribution in [0, 0.1) is 0 Å². The van der Waals surface area contributed by atoms with Crippen LogP contribution in [0.4, 0.5) is 10.5 Å². The van der Waals surface area contributed by atoms with Crippen molar-refractivity contribution in [1.29, 1.82) is 0 Å². The van der Waals surface area contributed by atoms with Gasteiger partial charge in [0.1, 0.15) is 12.4 Å². The molecule has 1 aliphatic heterocycles. The van der Waals surface area contributed by atoms with Crippen LogP contribution in [0.5, 0.6) is 0 Å². The molecule has 0 aliphatic carbocycles. The van der Waals surface area contributed by atoms with E-state index in [0.29, 0.717) is 5.69 Å². The first-order chi connectivity index (χ1) is 10.3. The molecule has 0 radical (unpaired) electrons. The second-order valence-corrected chi connectivity index (χ2v) is 6.58. The Morgan fingerprint density at radius 1 is 1.41 bits per heavy atom. The van der Waals surface area contributed by atoms with E-state index in [0.717, 1.165) is 0 Å². The highest BCUT2D eigenvalue weighted by Crippen LogP contribution is 2.23. The Hall–Kier alpha value is -2.13. The van der Waals surface area contributed by atoms with Gasteiger partial charge in [0.15, 0.2) is 0 Å². The number of hydrogen-bond donors (Lipinski definition) is 1. The van der Waals surface area contributed by atoms with Crippen molar-refractivity contribution in [3.8, 4) is 0 Å². The van der Waals surface area contributed by atoms with E-state index in [9.17, 15) is 13.2 Å². The molecule has 1 amide bonds. The van der Waals surface area contributed by atoms with Gasteiger partial charge in [-0.25, -0.2) is 4.79 Å². The molecular formula is C13H17N3O5S. The third-order valence-electron chi connectivity index (χ3n) is 2.94. The van der Waals surface area contributed by atoms with Crippen LogP contribution in [-0.4, -0.2) is 64.2 Å². The number of sulfonamides is 1. The normalized spacial score (nSPS) is 18.8. The number of ether oxygens (including phenoxy) is 1. The standard InChI is InChI=1S/C13H17N3O5S/c1-15(2)9-14-22(19,20)12-5-3-10(4-6-12)16-7-11(8-17)21-13(16)18/h3-6,9,11,17H,7-8H2,1-2H3/t11-/m1/s1. The molecule has 0 spiro atoms. The fraction of sp³-hybridized carbons (Fsp3) is 0.385. The second kappa shape index (κ2) is 6.32. The molecule has 1 fully saturated rings. The number of amides is 1. The predicted molar refractivity (Wildman–Crippen MR) is 80.5 cm³/mol. The Balaban J connectivity index is 2.19. The topological polar surface area (TPSA) is 99.5 Å². The molecule has 1 aliphatic rings. The summed E-state index contributed by atoms with van der Waals surface area (Å²) in [5.41, 5.74) is 0.497. The molecule has 9 heteroatoms. The lowest BCUT2D eigenvalue weighted by molar-refractivity contribution is 0.0963. The Bertz CT molecular complexity index is 669. The van der Waals surface area contributed by atoms with Crippen molar-refractivity contribution in [3.05, 3.63) is 24.3 Å². The van der Waals surface area contributed by atoms with E-state index in [4.69, 9.17) is 9.84 Å². The molecule has 120 valence electrons. The summed E-state index contributed by atoms with van der Waals surface area (Å²) in [5, 5.41) is 9.00. The van der Waals surface area contributed by atoms with Gasteiger partial charge in [0, 0.05) is 19.8 Å². The summed E-state index contributed by atoms with van der Waals surface area (Å²) in [4.78, 5) is 14.5. The minimum absolute atomic E-state index is 0.0284. The van der Waals surface area contributed by atoms with Crippen molar-refractivity contribution >= 4 is 28.1 Å². The molecule has 1 heterocycles. The molecule has 1 N–H and O–H groups in total. The van der Waals surface area contributed by atoms with E-state index in [1.165, 1.54) is 40.4 Å². The third-order valence-corrected chi connectivity index (χ3v) is 4.18. The van der Waals surface area contributed by atoms with E-state index in [1.807, 2.05) is 0 Å². The van der Waals surface area contributed by atoms with Crippen molar-refractivity contribution in [2.75, 3.05) is 32.1 Å². The first-order valence-corrected chi connectivity index (χ1v) is 7.93. The first kappa shape index (κ1) is 16.2. The number of carbonyl (C=O) groups is 1. The van der Waals surface area contributed by atoms with Gasteiger partial charge in [-0.2, -0.15) is 8.42 Å². The average Bonchev–Trinajstić information content (AvgIpc) is 2.86. The molecule has 0 aromatic heterocycles. The maximum absolute atomic E-state index is 12.0. The van der Waals surface area contributed by atoms with Gasteiger partial charge in [-0.3, -0.25) is 4.90 Å². The third kappa shape index (κ3) is 3.55. The lowest BCUT2D eigenvalue weighted by Gasteiger charge is -2.13. The monoisotopic (exact) mass is 327 g/mol. The van der Waals surface area contributed by atoms with E-state index in [2.05, 4.69) is 4.40 Å². The lowest BCUT2D eigenvalue weighted by atomic mass is 10.3. The number of anilines is 1. The zero-order valence-corrected chi connectivity index (χ0v) is 13.0. The Kier molecular flexibility index (Phi) is 4.67. The van der Waals surface area contributed by atoms with Crippen LogP contribution in [0.2, 0.25) is 0 Å². The summed E-state index contributed by atoms with van der Waals surface area (Å²) in [6.07, 6.45) is 0.0632. The van der Waals surface area contributed by atoms with Crippen molar-refractivity contribution in [1.82, 2.24) is 4.90 Å². The summed E-state index contributed by atoms with van der Waals surface area (Å²) in [5.74, 6) is 0. The number of hydrogen-bond acceptors (Lipinski definition) is 5. The van der Waals surface area contributed by atoms with E-state index >= 15 is 0 Å². The maximum Gasteiger partial charge on any atom is 0.414 e. The van der Waals surface area contributed by atoms with Gasteiger partial charge in [0.25, 0.3) is 10.0 Å². The highest BCUT2D eigenvalue weighted by atomic mass is 32.2. The number of nitrogens with zero attached hydrogens (tertiary/aromatic N) is 3. The molecule has 0 saturated carbocycles. The minimum atomic E-state index is -3.77. The maximum atomic E-state index is 12.0. The van der Waals surface area contributed by atoms with Crippen LogP contribution in [0.25, 0.3) is 0 Å². The van der Waals surface area contributed by atoms with Crippen molar-refractivity contribution in [3.63, 3.8) is 0 Å². The average molecular weight is 327 g/mol. The summed E-state index contributed by atoms with van der Waals surface area (Å²) in [6, 6.07) is 5.74. The van der Waals surface area contributed by atoms with Gasteiger partial charge < -0.3 is 14.7 Å².